The van der Waals surface area contributed by atoms with Gasteiger partial charge in [-0.15, -0.1) is 0 Å². The molecule has 1 aromatic heterocycles. The highest BCUT2D eigenvalue weighted by molar-refractivity contribution is 5.96. The molecule has 31 heavy (non-hydrogen) atoms. The summed E-state index contributed by atoms with van der Waals surface area (Å²) in [7, 11) is 2.01. The number of pyridine rings is 1. The van der Waals surface area contributed by atoms with Gasteiger partial charge in [-0.3, -0.25) is 9.69 Å². The van der Waals surface area contributed by atoms with Crippen LogP contribution in [0.25, 0.3) is 0 Å². The summed E-state index contributed by atoms with van der Waals surface area (Å²) in [6, 6.07) is 7.29. The van der Waals surface area contributed by atoms with Gasteiger partial charge >= 0.3 is 6.09 Å². The molecule has 0 spiro atoms. The van der Waals surface area contributed by atoms with Gasteiger partial charge in [0, 0.05) is 26.2 Å². The molecule has 0 unspecified atom stereocenters. The smallest absolute Gasteiger partial charge is 0.412 e. The second-order valence-electron chi connectivity index (χ2n) is 8.03. The summed E-state index contributed by atoms with van der Waals surface area (Å²) >= 11 is 0. The lowest BCUT2D eigenvalue weighted by molar-refractivity contribution is 0.0655. The van der Waals surface area contributed by atoms with Crippen LogP contribution in [0, 0.1) is 5.82 Å². The maximum absolute atomic E-state index is 13.4. The zero-order valence-electron chi connectivity index (χ0n) is 17.5. The Labute approximate surface area is 179 Å². The van der Waals surface area contributed by atoms with Crippen molar-refractivity contribution in [2.75, 3.05) is 44.7 Å². The number of carboxylic acid groups (broad SMARTS) is 1. The number of fused-ring (bicyclic) bond motifs is 1. The zero-order chi connectivity index (χ0) is 22.1. The maximum Gasteiger partial charge on any atom is 0.412 e. The molecule has 2 aliphatic rings. The molecule has 8 nitrogen and oxygen atoms in total. The van der Waals surface area contributed by atoms with E-state index in [-0.39, 0.29) is 35.9 Å². The molecule has 1 atom stereocenters. The first kappa shape index (κ1) is 21.0. The summed E-state index contributed by atoms with van der Waals surface area (Å²) in [5.74, 6) is -0.418. The summed E-state index contributed by atoms with van der Waals surface area (Å²) in [6.07, 6.45) is -0.790. The number of amides is 2. The molecule has 1 fully saturated rings. The molecule has 164 valence electrons. The van der Waals surface area contributed by atoms with Crippen molar-refractivity contribution in [1.82, 2.24) is 14.8 Å². The Hall–Kier alpha value is -3.20. The Morgan fingerprint density at radius 3 is 2.52 bits per heavy atom. The number of hydrogen-bond donors (Lipinski definition) is 1. The first-order valence-corrected chi connectivity index (χ1v) is 10.2. The highest BCUT2D eigenvalue weighted by Gasteiger charge is 2.33. The molecule has 1 N–H and O–H groups in total. The molecule has 2 amide bonds. The Kier molecular flexibility index (Phi) is 5.77. The van der Waals surface area contributed by atoms with Gasteiger partial charge < -0.3 is 19.6 Å². The Morgan fingerprint density at radius 2 is 1.87 bits per heavy atom. The number of hydrogen-bond acceptors (Lipinski definition) is 5. The molecule has 2 aromatic rings. The number of ether oxygens (including phenoxy) is 1. The van der Waals surface area contributed by atoms with Gasteiger partial charge in [-0.25, -0.2) is 14.2 Å². The number of rotatable bonds is 3. The van der Waals surface area contributed by atoms with E-state index in [0.717, 1.165) is 18.7 Å². The van der Waals surface area contributed by atoms with Crippen molar-refractivity contribution in [3.05, 3.63) is 53.0 Å². The van der Waals surface area contributed by atoms with E-state index in [9.17, 15) is 19.1 Å². The summed E-state index contributed by atoms with van der Waals surface area (Å²) in [5.41, 5.74) is 1.94. The number of piperazine rings is 1. The lowest BCUT2D eigenvalue weighted by Crippen LogP contribution is -2.48. The number of benzene rings is 1. The molecule has 0 radical (unpaired) electrons. The number of aromatic nitrogens is 1. The van der Waals surface area contributed by atoms with Crippen molar-refractivity contribution in [2.45, 2.75) is 19.4 Å². The highest BCUT2D eigenvalue weighted by atomic mass is 19.1. The van der Waals surface area contributed by atoms with Crippen LogP contribution in [0.5, 0.6) is 5.88 Å². The lowest BCUT2D eigenvalue weighted by Gasteiger charge is -2.34. The average Bonchev–Trinajstić information content (AvgIpc) is 2.74. The first-order chi connectivity index (χ1) is 14.8. The van der Waals surface area contributed by atoms with Crippen LogP contribution in [0.4, 0.5) is 14.9 Å². The van der Waals surface area contributed by atoms with Crippen molar-refractivity contribution in [3.63, 3.8) is 0 Å². The molecule has 4 rings (SSSR count). The standard InChI is InChI=1S/C22H25FN4O4/c1-14-13-31-20-18(27(14)22(29)30)12-16(11-15-3-5-17(23)6-4-15)19(24-20)21(28)26-9-7-25(2)8-10-26/h3-6,12,14H,7-11,13H2,1-2H3,(H,29,30)/t14-/m0/s1. The van der Waals surface area contributed by atoms with Crippen molar-refractivity contribution >= 4 is 17.7 Å². The normalized spacial score (nSPS) is 19.0. The van der Waals surface area contributed by atoms with E-state index in [1.807, 2.05) is 7.05 Å². The third-order valence-electron chi connectivity index (χ3n) is 5.72. The van der Waals surface area contributed by atoms with E-state index < -0.39 is 6.09 Å². The molecule has 0 aliphatic carbocycles. The molecule has 3 heterocycles. The van der Waals surface area contributed by atoms with Crippen LogP contribution < -0.4 is 9.64 Å². The second kappa shape index (κ2) is 8.50. The van der Waals surface area contributed by atoms with E-state index in [0.29, 0.717) is 30.8 Å². The molecule has 0 saturated carbocycles. The van der Waals surface area contributed by atoms with Crippen molar-refractivity contribution < 1.29 is 23.8 Å². The minimum absolute atomic E-state index is 0.140. The SMILES string of the molecule is C[C@H]1COc2nc(C(=O)N3CCN(C)CC3)c(Cc3ccc(F)cc3)cc2N1C(=O)O. The first-order valence-electron chi connectivity index (χ1n) is 10.2. The van der Waals surface area contributed by atoms with Gasteiger partial charge in [0.05, 0.1) is 6.04 Å². The maximum atomic E-state index is 13.4. The van der Waals surface area contributed by atoms with Crippen LogP contribution in [0.1, 0.15) is 28.5 Å². The van der Waals surface area contributed by atoms with Crippen molar-refractivity contribution in [1.29, 1.82) is 0 Å². The van der Waals surface area contributed by atoms with Gasteiger partial charge in [-0.2, -0.15) is 0 Å². The third kappa shape index (κ3) is 4.32. The monoisotopic (exact) mass is 428 g/mol. The molecule has 9 heteroatoms. The number of anilines is 1. The van der Waals surface area contributed by atoms with Crippen LogP contribution in [0.2, 0.25) is 0 Å². The molecule has 2 aliphatic heterocycles. The average molecular weight is 428 g/mol. The minimum Gasteiger partial charge on any atom is -0.474 e. The molecular weight excluding hydrogens is 403 g/mol. The summed E-state index contributed by atoms with van der Waals surface area (Å²) in [4.78, 5) is 34.8. The van der Waals surface area contributed by atoms with Gasteiger partial charge in [0.15, 0.2) is 0 Å². The quantitative estimate of drug-likeness (QED) is 0.808. The highest BCUT2D eigenvalue weighted by Crippen LogP contribution is 2.35. The number of nitrogens with zero attached hydrogens (tertiary/aromatic N) is 4. The second-order valence-corrected chi connectivity index (χ2v) is 8.03. The van der Waals surface area contributed by atoms with E-state index >= 15 is 0 Å². The fraction of sp³-hybridized carbons (Fsp3) is 0.409. The van der Waals surface area contributed by atoms with E-state index in [4.69, 9.17) is 4.74 Å². The van der Waals surface area contributed by atoms with Crippen LogP contribution in [0.3, 0.4) is 0 Å². The lowest BCUT2D eigenvalue weighted by atomic mass is 10.0. The van der Waals surface area contributed by atoms with Crippen molar-refractivity contribution in [2.24, 2.45) is 0 Å². The van der Waals surface area contributed by atoms with Crippen LogP contribution in [-0.2, 0) is 6.42 Å². The molecule has 0 bridgehead atoms. The molecular formula is C22H25FN4O4. The third-order valence-corrected chi connectivity index (χ3v) is 5.72. The van der Waals surface area contributed by atoms with E-state index in [1.165, 1.54) is 17.0 Å². The summed E-state index contributed by atoms with van der Waals surface area (Å²) in [6.45, 7) is 4.62. The van der Waals surface area contributed by atoms with Gasteiger partial charge in [0.2, 0.25) is 5.88 Å². The van der Waals surface area contributed by atoms with E-state index in [1.54, 1.807) is 30.0 Å². The largest absolute Gasteiger partial charge is 0.474 e. The minimum atomic E-state index is -1.11. The van der Waals surface area contributed by atoms with Gasteiger partial charge in [-0.05, 0) is 49.7 Å². The van der Waals surface area contributed by atoms with Crippen LogP contribution in [0.15, 0.2) is 30.3 Å². The summed E-state index contributed by atoms with van der Waals surface area (Å²) in [5, 5.41) is 9.69. The predicted octanol–water partition coefficient (Wildman–Crippen LogP) is 2.46. The van der Waals surface area contributed by atoms with Crippen LogP contribution >= 0.6 is 0 Å². The number of likely N-dealkylation sites (N-methyl/N-ethyl adjacent to an activating group) is 1. The predicted molar refractivity (Wildman–Crippen MR) is 112 cm³/mol. The fourth-order valence-electron chi connectivity index (χ4n) is 3.91. The Morgan fingerprint density at radius 1 is 1.19 bits per heavy atom. The number of carbonyl (C=O) groups is 2. The van der Waals surface area contributed by atoms with Gasteiger partial charge in [0.1, 0.15) is 23.8 Å². The Balaban J connectivity index is 1.76. The Bertz CT molecular complexity index is 990. The zero-order valence-corrected chi connectivity index (χ0v) is 17.5. The van der Waals surface area contributed by atoms with Gasteiger partial charge in [0.25, 0.3) is 5.91 Å². The topological polar surface area (TPSA) is 86.2 Å². The fourth-order valence-corrected chi connectivity index (χ4v) is 3.91. The molecule has 1 aromatic carbocycles. The van der Waals surface area contributed by atoms with Crippen molar-refractivity contribution in [3.8, 4) is 5.88 Å². The molecule has 1 saturated heterocycles. The van der Waals surface area contributed by atoms with E-state index in [2.05, 4.69) is 9.88 Å². The van der Waals surface area contributed by atoms with Crippen LogP contribution in [-0.4, -0.2) is 77.8 Å². The number of halogens is 1. The number of carbonyl (C=O) groups excluding carboxylic acids is 1. The summed E-state index contributed by atoms with van der Waals surface area (Å²) < 4.78 is 19.0. The van der Waals surface area contributed by atoms with Gasteiger partial charge in [-0.1, -0.05) is 12.1 Å².